The molecule has 1 aromatic rings. The molecule has 0 spiro atoms. The molecule has 0 aliphatic rings. The molecule has 0 heterocycles. The molecule has 0 amide bonds. The molecule has 1 rings (SSSR count). The van der Waals surface area contributed by atoms with E-state index in [4.69, 9.17) is 4.55 Å². The van der Waals surface area contributed by atoms with Crippen LogP contribution in [0.1, 0.15) is 37.8 Å². The Bertz CT molecular complexity index is 364. The second-order valence-corrected chi connectivity index (χ2v) is 4.44. The Morgan fingerprint density at radius 3 is 2.60 bits per heavy atom. The number of hydrogen-bond donors (Lipinski definition) is 2. The predicted octanol–water partition coefficient (Wildman–Crippen LogP) is 2.92. The van der Waals surface area contributed by atoms with Gasteiger partial charge in [0, 0.05) is 0 Å². The first-order valence-electron chi connectivity index (χ1n) is 5.05. The van der Waals surface area contributed by atoms with Crippen molar-refractivity contribution in [2.75, 3.05) is 4.72 Å². The number of para-hydroxylation sites is 1. The summed E-state index contributed by atoms with van der Waals surface area (Å²) in [5.41, 5.74) is 2.95. The van der Waals surface area contributed by atoms with Gasteiger partial charge in [0.15, 0.2) is 0 Å². The van der Waals surface area contributed by atoms with Crippen LogP contribution in [0.15, 0.2) is 18.2 Å². The molecule has 1 unspecified atom stereocenters. The third-order valence-corrected chi connectivity index (χ3v) is 2.75. The highest BCUT2D eigenvalue weighted by Gasteiger charge is 2.11. The van der Waals surface area contributed by atoms with Gasteiger partial charge < -0.3 is 0 Å². The molecule has 0 saturated heterocycles. The summed E-state index contributed by atoms with van der Waals surface area (Å²) >= 11 is -2.01. The average molecular weight is 227 g/mol. The van der Waals surface area contributed by atoms with Gasteiger partial charge in [-0.1, -0.05) is 39.0 Å². The lowest BCUT2D eigenvalue weighted by Crippen LogP contribution is -2.08. The molecule has 84 valence electrons. The molecule has 0 saturated carbocycles. The number of aryl methyl sites for hydroxylation is 1. The number of anilines is 1. The third-order valence-electron chi connectivity index (χ3n) is 2.38. The van der Waals surface area contributed by atoms with Gasteiger partial charge >= 0.3 is 0 Å². The standard InChI is InChI=1S/C11H17NO2S/c1-4-9-6-5-7-10(8(2)3)11(9)12-15(13)14/h5-8,12H,4H2,1-3H3,(H,13,14). The summed E-state index contributed by atoms with van der Waals surface area (Å²) in [6.07, 6.45) is 0.847. The van der Waals surface area contributed by atoms with Crippen molar-refractivity contribution in [1.82, 2.24) is 0 Å². The maximum Gasteiger partial charge on any atom is 0.259 e. The Kier molecular flexibility index (Phi) is 4.29. The molecule has 15 heavy (non-hydrogen) atoms. The molecular weight excluding hydrogens is 210 g/mol. The summed E-state index contributed by atoms with van der Waals surface area (Å²) in [5.74, 6) is 0.336. The minimum absolute atomic E-state index is 0.336. The Morgan fingerprint density at radius 2 is 2.13 bits per heavy atom. The van der Waals surface area contributed by atoms with E-state index >= 15 is 0 Å². The summed E-state index contributed by atoms with van der Waals surface area (Å²) in [5, 5.41) is 0. The Hall–Kier alpha value is -0.870. The monoisotopic (exact) mass is 227 g/mol. The van der Waals surface area contributed by atoms with Gasteiger partial charge in [-0.3, -0.25) is 9.27 Å². The van der Waals surface area contributed by atoms with E-state index in [1.165, 1.54) is 0 Å². The summed E-state index contributed by atoms with van der Waals surface area (Å²) in [6, 6.07) is 5.94. The van der Waals surface area contributed by atoms with E-state index in [-0.39, 0.29) is 0 Å². The van der Waals surface area contributed by atoms with Gasteiger partial charge in [-0.15, -0.1) is 0 Å². The number of rotatable bonds is 4. The van der Waals surface area contributed by atoms with Crippen LogP contribution in [0.3, 0.4) is 0 Å². The first-order valence-corrected chi connectivity index (χ1v) is 6.16. The summed E-state index contributed by atoms with van der Waals surface area (Å²) < 4.78 is 22.3. The van der Waals surface area contributed by atoms with Gasteiger partial charge in [-0.2, -0.15) is 0 Å². The van der Waals surface area contributed by atoms with Gasteiger partial charge in [-0.25, -0.2) is 4.21 Å². The predicted molar refractivity (Wildman–Crippen MR) is 64.3 cm³/mol. The average Bonchev–Trinajstić information content (AvgIpc) is 2.16. The minimum atomic E-state index is -2.01. The Labute approximate surface area is 93.3 Å². The molecule has 3 nitrogen and oxygen atoms in total. The topological polar surface area (TPSA) is 49.3 Å². The van der Waals surface area contributed by atoms with Crippen LogP contribution in [-0.4, -0.2) is 8.76 Å². The minimum Gasteiger partial charge on any atom is -0.289 e. The molecule has 2 N–H and O–H groups in total. The molecule has 1 atom stereocenters. The maximum absolute atomic E-state index is 10.8. The highest BCUT2D eigenvalue weighted by molar-refractivity contribution is 7.80. The van der Waals surface area contributed by atoms with E-state index in [0.717, 1.165) is 23.2 Å². The van der Waals surface area contributed by atoms with E-state index in [9.17, 15) is 4.21 Å². The fourth-order valence-corrected chi connectivity index (χ4v) is 2.03. The number of benzene rings is 1. The van der Waals surface area contributed by atoms with E-state index in [1.54, 1.807) is 0 Å². The van der Waals surface area contributed by atoms with Crippen molar-refractivity contribution in [3.63, 3.8) is 0 Å². The van der Waals surface area contributed by atoms with Crippen molar-refractivity contribution in [3.8, 4) is 0 Å². The smallest absolute Gasteiger partial charge is 0.259 e. The van der Waals surface area contributed by atoms with Crippen LogP contribution < -0.4 is 4.72 Å². The fraction of sp³-hybridized carbons (Fsp3) is 0.455. The normalized spacial score (nSPS) is 12.9. The molecular formula is C11H17NO2S. The van der Waals surface area contributed by atoms with Crippen molar-refractivity contribution in [1.29, 1.82) is 0 Å². The lowest BCUT2D eigenvalue weighted by Gasteiger charge is -2.16. The van der Waals surface area contributed by atoms with Crippen molar-refractivity contribution < 1.29 is 8.76 Å². The lowest BCUT2D eigenvalue weighted by molar-refractivity contribution is 0.570. The summed E-state index contributed by atoms with van der Waals surface area (Å²) in [6.45, 7) is 6.17. The third kappa shape index (κ3) is 3.04. The lowest BCUT2D eigenvalue weighted by atomic mass is 9.97. The largest absolute Gasteiger partial charge is 0.289 e. The molecule has 0 aliphatic carbocycles. The molecule has 0 aliphatic heterocycles. The SMILES string of the molecule is CCc1cccc(C(C)C)c1NS(=O)O. The second-order valence-electron chi connectivity index (χ2n) is 3.74. The van der Waals surface area contributed by atoms with Crippen LogP contribution >= 0.6 is 0 Å². The van der Waals surface area contributed by atoms with Crippen LogP contribution in [-0.2, 0) is 17.7 Å². The van der Waals surface area contributed by atoms with E-state index in [2.05, 4.69) is 18.6 Å². The molecule has 0 aromatic heterocycles. The van der Waals surface area contributed by atoms with E-state index in [1.807, 2.05) is 25.1 Å². The highest BCUT2D eigenvalue weighted by atomic mass is 32.2. The van der Waals surface area contributed by atoms with Crippen molar-refractivity contribution in [2.24, 2.45) is 0 Å². The zero-order valence-electron chi connectivity index (χ0n) is 9.28. The number of nitrogens with one attached hydrogen (secondary N) is 1. The van der Waals surface area contributed by atoms with Gasteiger partial charge in [0.2, 0.25) is 0 Å². The Morgan fingerprint density at radius 1 is 1.47 bits per heavy atom. The first kappa shape index (κ1) is 12.2. The van der Waals surface area contributed by atoms with E-state index < -0.39 is 11.3 Å². The molecule has 0 radical (unpaired) electrons. The highest BCUT2D eigenvalue weighted by Crippen LogP contribution is 2.28. The van der Waals surface area contributed by atoms with Crippen molar-refractivity contribution >= 4 is 17.0 Å². The van der Waals surface area contributed by atoms with Gasteiger partial charge in [0.25, 0.3) is 11.3 Å². The van der Waals surface area contributed by atoms with Crippen molar-refractivity contribution in [3.05, 3.63) is 29.3 Å². The Balaban J connectivity index is 3.20. The van der Waals surface area contributed by atoms with E-state index in [0.29, 0.717) is 5.92 Å². The van der Waals surface area contributed by atoms with Gasteiger partial charge in [0.1, 0.15) is 0 Å². The fourth-order valence-electron chi connectivity index (χ4n) is 1.61. The van der Waals surface area contributed by atoms with Gasteiger partial charge in [-0.05, 0) is 23.5 Å². The van der Waals surface area contributed by atoms with Gasteiger partial charge in [0.05, 0.1) is 5.69 Å². The number of hydrogen-bond acceptors (Lipinski definition) is 1. The van der Waals surface area contributed by atoms with Crippen LogP contribution in [0.4, 0.5) is 5.69 Å². The summed E-state index contributed by atoms with van der Waals surface area (Å²) in [7, 11) is 0. The maximum atomic E-state index is 10.8. The first-order chi connectivity index (χ1) is 7.06. The molecule has 0 fully saturated rings. The molecule has 4 heteroatoms. The van der Waals surface area contributed by atoms with Crippen LogP contribution in [0.2, 0.25) is 0 Å². The van der Waals surface area contributed by atoms with Crippen LogP contribution in [0.25, 0.3) is 0 Å². The second kappa shape index (κ2) is 5.28. The zero-order chi connectivity index (χ0) is 11.4. The van der Waals surface area contributed by atoms with Crippen molar-refractivity contribution in [2.45, 2.75) is 33.1 Å². The molecule has 1 aromatic carbocycles. The quantitative estimate of drug-likeness (QED) is 0.777. The van der Waals surface area contributed by atoms with Crippen LogP contribution in [0, 0.1) is 0 Å². The molecule has 0 bridgehead atoms. The summed E-state index contributed by atoms with van der Waals surface area (Å²) in [4.78, 5) is 0. The van der Waals surface area contributed by atoms with Crippen LogP contribution in [0.5, 0.6) is 0 Å². The zero-order valence-corrected chi connectivity index (χ0v) is 10.1.